The van der Waals surface area contributed by atoms with Crippen LogP contribution >= 0.6 is 11.3 Å². The normalized spacial score (nSPS) is 10.9. The number of rotatable bonds is 4. The van der Waals surface area contributed by atoms with Crippen LogP contribution in [0, 0.1) is 5.95 Å². The summed E-state index contributed by atoms with van der Waals surface area (Å²) in [6.45, 7) is 1.26. The third-order valence-corrected chi connectivity index (χ3v) is 3.90. The average molecular weight is 288 g/mol. The van der Waals surface area contributed by atoms with E-state index in [1.165, 1.54) is 12.3 Å². The number of benzene rings is 1. The predicted molar refractivity (Wildman–Crippen MR) is 80.4 cm³/mol. The molecular weight excluding hydrogens is 275 g/mol. The van der Waals surface area contributed by atoms with Gasteiger partial charge in [-0.25, -0.2) is 9.97 Å². The number of pyridine rings is 1. The van der Waals surface area contributed by atoms with Crippen molar-refractivity contribution in [3.63, 3.8) is 0 Å². The van der Waals surface area contributed by atoms with Crippen molar-refractivity contribution in [3.8, 4) is 10.4 Å². The van der Waals surface area contributed by atoms with Gasteiger partial charge in [-0.2, -0.15) is 4.39 Å². The fourth-order valence-corrected chi connectivity index (χ4v) is 2.77. The van der Waals surface area contributed by atoms with Gasteiger partial charge in [-0.15, -0.1) is 0 Å². The second-order valence-electron chi connectivity index (χ2n) is 4.31. The van der Waals surface area contributed by atoms with Gasteiger partial charge in [-0.05, 0) is 17.0 Å². The molecule has 0 aliphatic rings. The standard InChI is InChI=1S/C14H13FN4S/c15-13-6-11-5-9(1-2-10(11)7-18-13)12-8-19-14(20-12)17-4-3-16/h1-2,5-8H,3-4,16H2,(H,17,19). The third-order valence-electron chi connectivity index (χ3n) is 2.90. The first-order chi connectivity index (χ1) is 9.76. The highest BCUT2D eigenvalue weighted by atomic mass is 32.1. The van der Waals surface area contributed by atoms with Crippen LogP contribution in [0.3, 0.4) is 0 Å². The van der Waals surface area contributed by atoms with Crippen LogP contribution in [-0.2, 0) is 0 Å². The highest BCUT2D eigenvalue weighted by Crippen LogP contribution is 2.30. The molecule has 0 atom stereocenters. The lowest BCUT2D eigenvalue weighted by Crippen LogP contribution is -2.12. The number of nitrogens with two attached hydrogens (primary N) is 1. The molecule has 0 saturated carbocycles. The number of fused-ring (bicyclic) bond motifs is 1. The summed E-state index contributed by atoms with van der Waals surface area (Å²) in [4.78, 5) is 8.97. The average Bonchev–Trinajstić information content (AvgIpc) is 2.93. The molecule has 0 fully saturated rings. The number of anilines is 1. The molecule has 3 aromatic rings. The summed E-state index contributed by atoms with van der Waals surface area (Å²) in [6, 6.07) is 7.31. The lowest BCUT2D eigenvalue weighted by atomic mass is 10.1. The molecule has 0 bridgehead atoms. The molecule has 0 saturated heterocycles. The molecule has 0 spiro atoms. The molecule has 0 unspecified atom stereocenters. The van der Waals surface area contributed by atoms with Crippen molar-refractivity contribution in [1.29, 1.82) is 0 Å². The SMILES string of the molecule is NCCNc1ncc(-c2ccc3cnc(F)cc3c2)s1. The van der Waals surface area contributed by atoms with Crippen molar-refractivity contribution >= 4 is 27.2 Å². The summed E-state index contributed by atoms with van der Waals surface area (Å²) in [6.07, 6.45) is 3.34. The molecule has 2 aromatic heterocycles. The summed E-state index contributed by atoms with van der Waals surface area (Å²) in [5.74, 6) is -0.468. The summed E-state index contributed by atoms with van der Waals surface area (Å²) in [7, 11) is 0. The van der Waals surface area contributed by atoms with Gasteiger partial charge in [-0.1, -0.05) is 23.5 Å². The predicted octanol–water partition coefficient (Wildman–Crippen LogP) is 2.87. The molecule has 3 N–H and O–H groups in total. The summed E-state index contributed by atoms with van der Waals surface area (Å²) >= 11 is 1.55. The van der Waals surface area contributed by atoms with Crippen molar-refractivity contribution in [2.24, 2.45) is 5.73 Å². The zero-order valence-electron chi connectivity index (χ0n) is 10.6. The highest BCUT2D eigenvalue weighted by molar-refractivity contribution is 7.18. The Hall–Kier alpha value is -2.05. The van der Waals surface area contributed by atoms with E-state index >= 15 is 0 Å². The first-order valence-corrected chi connectivity index (χ1v) is 7.03. The maximum atomic E-state index is 13.2. The Morgan fingerprint density at radius 2 is 2.05 bits per heavy atom. The molecule has 1 aromatic carbocycles. The fourth-order valence-electron chi connectivity index (χ4n) is 1.94. The van der Waals surface area contributed by atoms with Crippen molar-refractivity contribution in [1.82, 2.24) is 9.97 Å². The van der Waals surface area contributed by atoms with E-state index in [2.05, 4.69) is 15.3 Å². The van der Waals surface area contributed by atoms with Crippen molar-refractivity contribution < 1.29 is 4.39 Å². The van der Waals surface area contributed by atoms with Gasteiger partial charge in [-0.3, -0.25) is 0 Å². The third kappa shape index (κ3) is 2.61. The minimum Gasteiger partial charge on any atom is -0.360 e. The van der Waals surface area contributed by atoms with Gasteiger partial charge in [0, 0.05) is 36.9 Å². The molecule has 102 valence electrons. The second-order valence-corrected chi connectivity index (χ2v) is 5.34. The number of aromatic nitrogens is 2. The van der Waals surface area contributed by atoms with E-state index in [-0.39, 0.29) is 0 Å². The Labute approximate surface area is 119 Å². The van der Waals surface area contributed by atoms with Gasteiger partial charge in [0.05, 0.1) is 4.88 Å². The minimum absolute atomic E-state index is 0.468. The van der Waals surface area contributed by atoms with Crippen LogP contribution in [0.25, 0.3) is 21.2 Å². The second kappa shape index (κ2) is 5.52. The molecule has 0 aliphatic carbocycles. The van der Waals surface area contributed by atoms with Gasteiger partial charge < -0.3 is 11.1 Å². The number of hydrogen-bond acceptors (Lipinski definition) is 5. The van der Waals surface area contributed by atoms with Crippen LogP contribution in [0.2, 0.25) is 0 Å². The zero-order valence-corrected chi connectivity index (χ0v) is 11.5. The fraction of sp³-hybridized carbons (Fsp3) is 0.143. The first-order valence-electron chi connectivity index (χ1n) is 6.22. The van der Waals surface area contributed by atoms with Crippen LogP contribution < -0.4 is 11.1 Å². The first kappa shape index (κ1) is 13.0. The topological polar surface area (TPSA) is 63.8 Å². The van der Waals surface area contributed by atoms with E-state index in [4.69, 9.17) is 5.73 Å². The molecular formula is C14H13FN4S. The molecule has 3 rings (SSSR count). The maximum Gasteiger partial charge on any atom is 0.213 e. The van der Waals surface area contributed by atoms with E-state index in [0.29, 0.717) is 13.1 Å². The van der Waals surface area contributed by atoms with Gasteiger partial charge >= 0.3 is 0 Å². The van der Waals surface area contributed by atoms with Gasteiger partial charge in [0.2, 0.25) is 5.95 Å². The maximum absolute atomic E-state index is 13.2. The lowest BCUT2D eigenvalue weighted by molar-refractivity contribution is 0.586. The summed E-state index contributed by atoms with van der Waals surface area (Å²) in [5.41, 5.74) is 6.46. The molecule has 6 heteroatoms. The van der Waals surface area contributed by atoms with Crippen LogP contribution in [0.5, 0.6) is 0 Å². The van der Waals surface area contributed by atoms with Crippen molar-refractivity contribution in [2.45, 2.75) is 0 Å². The quantitative estimate of drug-likeness (QED) is 0.725. The van der Waals surface area contributed by atoms with Gasteiger partial charge in [0.25, 0.3) is 0 Å². The van der Waals surface area contributed by atoms with E-state index < -0.39 is 5.95 Å². The zero-order chi connectivity index (χ0) is 13.9. The number of thiazole rings is 1. The van der Waals surface area contributed by atoms with Crippen LogP contribution in [-0.4, -0.2) is 23.1 Å². The molecule has 4 nitrogen and oxygen atoms in total. The summed E-state index contributed by atoms with van der Waals surface area (Å²) in [5, 5.41) is 5.73. The van der Waals surface area contributed by atoms with Crippen molar-refractivity contribution in [3.05, 3.63) is 42.6 Å². The van der Waals surface area contributed by atoms with E-state index in [9.17, 15) is 4.39 Å². The van der Waals surface area contributed by atoms with E-state index in [0.717, 1.165) is 26.3 Å². The van der Waals surface area contributed by atoms with Crippen LogP contribution in [0.4, 0.5) is 9.52 Å². The number of hydrogen-bond donors (Lipinski definition) is 2. The van der Waals surface area contributed by atoms with Gasteiger partial charge in [0.1, 0.15) is 0 Å². The Morgan fingerprint density at radius 1 is 1.15 bits per heavy atom. The largest absolute Gasteiger partial charge is 0.360 e. The number of halogens is 1. The smallest absolute Gasteiger partial charge is 0.213 e. The molecule has 2 heterocycles. The van der Waals surface area contributed by atoms with E-state index in [1.54, 1.807) is 11.3 Å². The molecule has 0 amide bonds. The Balaban J connectivity index is 1.95. The molecule has 20 heavy (non-hydrogen) atoms. The summed E-state index contributed by atoms with van der Waals surface area (Å²) < 4.78 is 13.2. The highest BCUT2D eigenvalue weighted by Gasteiger charge is 2.06. The molecule has 0 radical (unpaired) electrons. The van der Waals surface area contributed by atoms with Crippen LogP contribution in [0.1, 0.15) is 0 Å². The number of nitrogens with one attached hydrogen (secondary N) is 1. The Bertz CT molecular complexity index is 741. The monoisotopic (exact) mass is 288 g/mol. The van der Waals surface area contributed by atoms with Crippen LogP contribution in [0.15, 0.2) is 36.7 Å². The number of nitrogens with zero attached hydrogens (tertiary/aromatic N) is 2. The molecule has 0 aliphatic heterocycles. The minimum atomic E-state index is -0.468. The lowest BCUT2D eigenvalue weighted by Gasteiger charge is -2.01. The van der Waals surface area contributed by atoms with Crippen molar-refractivity contribution in [2.75, 3.05) is 18.4 Å². The van der Waals surface area contributed by atoms with Gasteiger partial charge in [0.15, 0.2) is 5.13 Å². The van der Waals surface area contributed by atoms with E-state index in [1.807, 2.05) is 24.4 Å². The Kier molecular flexibility index (Phi) is 3.58. The Morgan fingerprint density at radius 3 is 2.90 bits per heavy atom.